The zero-order valence-electron chi connectivity index (χ0n) is 14.5. The highest BCUT2D eigenvalue weighted by Gasteiger charge is 2.24. The van der Waals surface area contributed by atoms with Gasteiger partial charge in [-0.05, 0) is 35.6 Å². The number of benzene rings is 1. The van der Waals surface area contributed by atoms with Crippen molar-refractivity contribution < 1.29 is 18.3 Å². The Balaban J connectivity index is 2.26. The Hall–Kier alpha value is -2.50. The number of carbonyl (C=O) groups excluding carboxylic acids is 1. The SMILES string of the molecule is CC(C)(C)CC(NC(=O)c1ccccc1OC(F)F)c1cccnc1. The van der Waals surface area contributed by atoms with Crippen LogP contribution in [0.4, 0.5) is 8.78 Å². The summed E-state index contributed by atoms with van der Waals surface area (Å²) in [6, 6.07) is 9.35. The first-order valence-electron chi connectivity index (χ1n) is 8.01. The minimum Gasteiger partial charge on any atom is -0.434 e. The summed E-state index contributed by atoms with van der Waals surface area (Å²) in [5.74, 6) is -0.606. The van der Waals surface area contributed by atoms with Crippen molar-refractivity contribution in [1.29, 1.82) is 0 Å². The fourth-order valence-electron chi connectivity index (χ4n) is 2.54. The molecule has 0 bridgehead atoms. The highest BCUT2D eigenvalue weighted by Crippen LogP contribution is 2.30. The van der Waals surface area contributed by atoms with Crippen LogP contribution in [0.15, 0.2) is 48.8 Å². The molecule has 6 heteroatoms. The number of hydrogen-bond donors (Lipinski definition) is 1. The van der Waals surface area contributed by atoms with Crippen LogP contribution in [-0.2, 0) is 0 Å². The van der Waals surface area contributed by atoms with E-state index >= 15 is 0 Å². The van der Waals surface area contributed by atoms with Crippen molar-refractivity contribution >= 4 is 5.91 Å². The van der Waals surface area contributed by atoms with Crippen molar-refractivity contribution in [2.45, 2.75) is 39.8 Å². The fourth-order valence-corrected chi connectivity index (χ4v) is 2.54. The van der Waals surface area contributed by atoms with Crippen molar-refractivity contribution in [3.8, 4) is 5.75 Å². The van der Waals surface area contributed by atoms with E-state index in [4.69, 9.17) is 0 Å². The number of rotatable bonds is 6. The van der Waals surface area contributed by atoms with Crippen LogP contribution in [0.25, 0.3) is 0 Å². The lowest BCUT2D eigenvalue weighted by Crippen LogP contribution is -2.31. The second kappa shape index (κ2) is 8.05. The number of amides is 1. The molecule has 0 aliphatic rings. The lowest BCUT2D eigenvalue weighted by Gasteiger charge is -2.27. The van der Waals surface area contributed by atoms with Gasteiger partial charge in [0.2, 0.25) is 0 Å². The number of nitrogens with zero attached hydrogens (tertiary/aromatic N) is 1. The predicted molar refractivity (Wildman–Crippen MR) is 91.6 cm³/mol. The third-order valence-electron chi connectivity index (χ3n) is 3.56. The van der Waals surface area contributed by atoms with E-state index in [1.54, 1.807) is 30.6 Å². The maximum atomic E-state index is 12.7. The van der Waals surface area contributed by atoms with E-state index in [0.29, 0.717) is 6.42 Å². The Morgan fingerprint density at radius 2 is 1.92 bits per heavy atom. The maximum absolute atomic E-state index is 12.7. The van der Waals surface area contributed by atoms with Gasteiger partial charge >= 0.3 is 6.61 Å². The third kappa shape index (κ3) is 5.81. The van der Waals surface area contributed by atoms with Gasteiger partial charge in [0.25, 0.3) is 5.91 Å². The summed E-state index contributed by atoms with van der Waals surface area (Å²) >= 11 is 0. The van der Waals surface area contributed by atoms with Crippen LogP contribution in [-0.4, -0.2) is 17.5 Å². The van der Waals surface area contributed by atoms with Gasteiger partial charge in [-0.25, -0.2) is 0 Å². The van der Waals surface area contributed by atoms with E-state index in [1.807, 2.05) is 6.07 Å². The smallest absolute Gasteiger partial charge is 0.387 e. The highest BCUT2D eigenvalue weighted by molar-refractivity contribution is 5.97. The van der Waals surface area contributed by atoms with E-state index in [0.717, 1.165) is 5.56 Å². The average molecular weight is 348 g/mol. The highest BCUT2D eigenvalue weighted by atomic mass is 19.3. The molecule has 1 aromatic carbocycles. The Kier molecular flexibility index (Phi) is 6.07. The molecule has 1 amide bonds. The van der Waals surface area contributed by atoms with Gasteiger partial charge in [0.15, 0.2) is 0 Å². The van der Waals surface area contributed by atoms with Crippen molar-refractivity contribution in [3.05, 3.63) is 59.9 Å². The van der Waals surface area contributed by atoms with E-state index in [1.165, 1.54) is 12.1 Å². The van der Waals surface area contributed by atoms with Gasteiger partial charge in [-0.2, -0.15) is 8.78 Å². The first-order valence-corrected chi connectivity index (χ1v) is 8.01. The van der Waals surface area contributed by atoms with E-state index in [9.17, 15) is 13.6 Å². The van der Waals surface area contributed by atoms with Crippen molar-refractivity contribution in [3.63, 3.8) is 0 Å². The molecule has 1 atom stereocenters. The molecule has 1 aromatic heterocycles. The molecule has 0 spiro atoms. The standard InChI is InChI=1S/C19H22F2N2O2/c1-19(2,3)11-15(13-7-6-10-22-12-13)23-17(24)14-8-4-5-9-16(14)25-18(20)21/h4-10,12,15,18H,11H2,1-3H3,(H,23,24). The van der Waals surface area contributed by atoms with E-state index in [-0.39, 0.29) is 22.8 Å². The summed E-state index contributed by atoms with van der Waals surface area (Å²) in [5.41, 5.74) is 0.885. The first-order chi connectivity index (χ1) is 11.8. The third-order valence-corrected chi connectivity index (χ3v) is 3.56. The van der Waals surface area contributed by atoms with Crippen LogP contribution in [0.3, 0.4) is 0 Å². The first kappa shape index (κ1) is 18.8. The number of carbonyl (C=O) groups is 1. The molecule has 25 heavy (non-hydrogen) atoms. The summed E-state index contributed by atoms with van der Waals surface area (Å²) < 4.78 is 29.6. The summed E-state index contributed by atoms with van der Waals surface area (Å²) in [7, 11) is 0. The lowest BCUT2D eigenvalue weighted by atomic mass is 9.85. The lowest BCUT2D eigenvalue weighted by molar-refractivity contribution is -0.0501. The molecule has 1 unspecified atom stereocenters. The topological polar surface area (TPSA) is 51.2 Å². The number of halogens is 2. The molecule has 4 nitrogen and oxygen atoms in total. The van der Waals surface area contributed by atoms with Gasteiger partial charge in [0.05, 0.1) is 11.6 Å². The van der Waals surface area contributed by atoms with Crippen molar-refractivity contribution in [2.75, 3.05) is 0 Å². The minimum atomic E-state index is -2.99. The van der Waals surface area contributed by atoms with Crippen molar-refractivity contribution in [1.82, 2.24) is 10.3 Å². The van der Waals surface area contributed by atoms with Crippen LogP contribution in [0.1, 0.15) is 49.2 Å². The number of alkyl halides is 2. The summed E-state index contributed by atoms with van der Waals surface area (Å²) in [5, 5.41) is 2.92. The maximum Gasteiger partial charge on any atom is 0.387 e. The van der Waals surface area contributed by atoms with Gasteiger partial charge in [0.1, 0.15) is 5.75 Å². The van der Waals surface area contributed by atoms with Gasteiger partial charge in [-0.15, -0.1) is 0 Å². The Morgan fingerprint density at radius 1 is 1.20 bits per heavy atom. The molecule has 0 aliphatic carbocycles. The second-order valence-electron chi connectivity index (χ2n) is 6.95. The molecule has 134 valence electrons. The molecule has 1 heterocycles. The Bertz CT molecular complexity index is 700. The van der Waals surface area contributed by atoms with Crippen LogP contribution in [0, 0.1) is 5.41 Å². The van der Waals surface area contributed by atoms with Crippen LogP contribution in [0.2, 0.25) is 0 Å². The normalized spacial score (nSPS) is 12.7. The van der Waals surface area contributed by atoms with Gasteiger partial charge in [-0.1, -0.05) is 39.0 Å². The number of nitrogens with one attached hydrogen (secondary N) is 1. The molecule has 0 fully saturated rings. The zero-order valence-corrected chi connectivity index (χ0v) is 14.5. The summed E-state index contributed by atoms with van der Waals surface area (Å²) in [4.78, 5) is 16.8. The fraction of sp³-hybridized carbons (Fsp3) is 0.368. The molecular formula is C19H22F2N2O2. The van der Waals surface area contributed by atoms with E-state index in [2.05, 4.69) is 35.8 Å². The van der Waals surface area contributed by atoms with Crippen LogP contribution >= 0.6 is 0 Å². The molecule has 0 saturated heterocycles. The molecule has 2 rings (SSSR count). The largest absolute Gasteiger partial charge is 0.434 e. The molecular weight excluding hydrogens is 326 g/mol. The van der Waals surface area contributed by atoms with Gasteiger partial charge in [0, 0.05) is 12.4 Å². The van der Waals surface area contributed by atoms with Gasteiger partial charge in [-0.3, -0.25) is 9.78 Å². The van der Waals surface area contributed by atoms with Crippen LogP contribution in [0.5, 0.6) is 5.75 Å². The Morgan fingerprint density at radius 3 is 2.52 bits per heavy atom. The van der Waals surface area contributed by atoms with Gasteiger partial charge < -0.3 is 10.1 Å². The van der Waals surface area contributed by atoms with E-state index < -0.39 is 12.5 Å². The number of ether oxygens (including phenoxy) is 1. The molecule has 0 aliphatic heterocycles. The molecule has 2 aromatic rings. The Labute approximate surface area is 146 Å². The number of hydrogen-bond acceptors (Lipinski definition) is 3. The van der Waals surface area contributed by atoms with Crippen molar-refractivity contribution in [2.24, 2.45) is 5.41 Å². The quantitative estimate of drug-likeness (QED) is 0.831. The van der Waals surface area contributed by atoms with Crippen LogP contribution < -0.4 is 10.1 Å². The zero-order chi connectivity index (χ0) is 18.4. The average Bonchev–Trinajstić information content (AvgIpc) is 2.53. The predicted octanol–water partition coefficient (Wildman–Crippen LogP) is 4.59. The number of para-hydroxylation sites is 1. The summed E-state index contributed by atoms with van der Waals surface area (Å²) in [6.07, 6.45) is 4.02. The monoisotopic (exact) mass is 348 g/mol. The number of pyridine rings is 1. The molecule has 1 N–H and O–H groups in total. The number of aromatic nitrogens is 1. The molecule has 0 radical (unpaired) electrons. The minimum absolute atomic E-state index is 0.0488. The second-order valence-corrected chi connectivity index (χ2v) is 6.95. The summed E-state index contributed by atoms with van der Waals surface area (Å²) in [6.45, 7) is 3.21. The molecule has 0 saturated carbocycles.